The zero-order valence-electron chi connectivity index (χ0n) is 12.8. The van der Waals surface area contributed by atoms with Gasteiger partial charge in [0.05, 0.1) is 11.4 Å². The predicted octanol–water partition coefficient (Wildman–Crippen LogP) is 2.66. The van der Waals surface area contributed by atoms with Gasteiger partial charge in [0, 0.05) is 18.5 Å². The molecule has 2 N–H and O–H groups in total. The van der Waals surface area contributed by atoms with Crippen LogP contribution in [0.3, 0.4) is 0 Å². The van der Waals surface area contributed by atoms with E-state index in [-0.39, 0.29) is 36.1 Å². The van der Waals surface area contributed by atoms with Crippen LogP contribution in [0.5, 0.6) is 0 Å². The van der Waals surface area contributed by atoms with E-state index in [4.69, 9.17) is 0 Å². The Bertz CT molecular complexity index is 428. The highest BCUT2D eigenvalue weighted by molar-refractivity contribution is 7.99. The van der Waals surface area contributed by atoms with E-state index in [0.29, 0.717) is 5.75 Å². The van der Waals surface area contributed by atoms with Crippen LogP contribution < -0.4 is 10.6 Å². The van der Waals surface area contributed by atoms with Crippen LogP contribution in [-0.4, -0.2) is 36.3 Å². The van der Waals surface area contributed by atoms with Crippen LogP contribution >= 0.6 is 36.6 Å². The van der Waals surface area contributed by atoms with Crippen molar-refractivity contribution in [1.82, 2.24) is 15.6 Å². The number of hydrogen-bond acceptors (Lipinski definition) is 4. The molecule has 1 saturated heterocycles. The third-order valence-electron chi connectivity index (χ3n) is 3.73. The highest BCUT2D eigenvalue weighted by Crippen LogP contribution is 2.26. The molecular formula is C15H25Cl2N3OS. The zero-order valence-corrected chi connectivity index (χ0v) is 15.3. The smallest absolute Gasteiger partial charge is 0.230 e. The summed E-state index contributed by atoms with van der Waals surface area (Å²) in [6.45, 7) is 5.16. The zero-order chi connectivity index (χ0) is 14.3. The number of hydrogen-bond donors (Lipinski definition) is 2. The second kappa shape index (κ2) is 11.1. The Balaban J connectivity index is 0.00000220. The molecule has 0 aliphatic carbocycles. The van der Waals surface area contributed by atoms with Crippen LogP contribution in [0.2, 0.25) is 0 Å². The van der Waals surface area contributed by atoms with Crippen molar-refractivity contribution in [3.05, 3.63) is 30.1 Å². The van der Waals surface area contributed by atoms with Crippen LogP contribution in [0, 0.1) is 5.41 Å². The van der Waals surface area contributed by atoms with Gasteiger partial charge in [-0.1, -0.05) is 13.0 Å². The van der Waals surface area contributed by atoms with Crippen molar-refractivity contribution in [2.45, 2.75) is 25.5 Å². The average Bonchev–Trinajstić information content (AvgIpc) is 2.47. The number of amides is 1. The SMILES string of the molecule is CC1(CNC(=O)CSCc2ccccn2)CCNCC1.Cl.Cl. The predicted molar refractivity (Wildman–Crippen MR) is 98.1 cm³/mol. The topological polar surface area (TPSA) is 54.0 Å². The quantitative estimate of drug-likeness (QED) is 0.813. The fraction of sp³-hybridized carbons (Fsp3) is 0.600. The lowest BCUT2D eigenvalue weighted by molar-refractivity contribution is -0.119. The molecule has 1 amide bonds. The maximum Gasteiger partial charge on any atom is 0.230 e. The monoisotopic (exact) mass is 365 g/mol. The van der Waals surface area contributed by atoms with E-state index >= 15 is 0 Å². The molecule has 1 aliphatic heterocycles. The summed E-state index contributed by atoms with van der Waals surface area (Å²) in [7, 11) is 0. The Morgan fingerprint density at radius 2 is 2.09 bits per heavy atom. The van der Waals surface area contributed by atoms with E-state index in [9.17, 15) is 4.79 Å². The van der Waals surface area contributed by atoms with Crippen molar-refractivity contribution in [3.8, 4) is 0 Å². The highest BCUT2D eigenvalue weighted by atomic mass is 35.5. The van der Waals surface area contributed by atoms with Crippen molar-refractivity contribution in [2.75, 3.05) is 25.4 Å². The molecule has 0 unspecified atom stereocenters. The number of rotatable bonds is 6. The van der Waals surface area contributed by atoms with Crippen molar-refractivity contribution < 1.29 is 4.79 Å². The summed E-state index contributed by atoms with van der Waals surface area (Å²) in [4.78, 5) is 16.1. The van der Waals surface area contributed by atoms with Gasteiger partial charge in [0.25, 0.3) is 0 Å². The number of thioether (sulfide) groups is 1. The molecule has 126 valence electrons. The number of halogens is 2. The van der Waals surface area contributed by atoms with E-state index in [1.165, 1.54) is 0 Å². The molecule has 1 aromatic heterocycles. The largest absolute Gasteiger partial charge is 0.355 e. The molecule has 2 rings (SSSR count). The van der Waals surface area contributed by atoms with Crippen LogP contribution in [0.4, 0.5) is 0 Å². The molecule has 0 spiro atoms. The van der Waals surface area contributed by atoms with Crippen molar-refractivity contribution in [2.24, 2.45) is 5.41 Å². The minimum absolute atomic E-state index is 0. The van der Waals surface area contributed by atoms with Crippen LogP contribution in [0.15, 0.2) is 24.4 Å². The van der Waals surface area contributed by atoms with Crippen LogP contribution in [0.1, 0.15) is 25.5 Å². The maximum atomic E-state index is 11.9. The summed E-state index contributed by atoms with van der Waals surface area (Å²) >= 11 is 1.61. The average molecular weight is 366 g/mol. The first-order valence-electron chi connectivity index (χ1n) is 7.13. The minimum Gasteiger partial charge on any atom is -0.355 e. The van der Waals surface area contributed by atoms with E-state index in [0.717, 1.165) is 43.9 Å². The Hall–Kier alpha value is -0.490. The number of carbonyl (C=O) groups is 1. The number of nitrogens with one attached hydrogen (secondary N) is 2. The molecule has 0 atom stereocenters. The first-order valence-corrected chi connectivity index (χ1v) is 8.29. The van der Waals surface area contributed by atoms with E-state index in [1.807, 2.05) is 18.2 Å². The van der Waals surface area contributed by atoms with Crippen LogP contribution in [-0.2, 0) is 10.5 Å². The third-order valence-corrected chi connectivity index (χ3v) is 4.70. The number of piperidine rings is 1. The first-order chi connectivity index (χ1) is 9.68. The molecule has 1 aliphatic rings. The fourth-order valence-electron chi connectivity index (χ4n) is 2.30. The van der Waals surface area contributed by atoms with E-state index in [1.54, 1.807) is 18.0 Å². The second-order valence-electron chi connectivity index (χ2n) is 5.65. The number of pyridine rings is 1. The van der Waals surface area contributed by atoms with Gasteiger partial charge in [0.2, 0.25) is 5.91 Å². The first kappa shape index (κ1) is 21.5. The summed E-state index contributed by atoms with van der Waals surface area (Å²) in [5.41, 5.74) is 1.28. The summed E-state index contributed by atoms with van der Waals surface area (Å²) in [5, 5.41) is 6.43. The Kier molecular flexibility index (Phi) is 10.9. The molecule has 4 nitrogen and oxygen atoms in total. The Morgan fingerprint density at radius 3 is 2.73 bits per heavy atom. The van der Waals surface area contributed by atoms with Crippen molar-refractivity contribution in [1.29, 1.82) is 0 Å². The molecule has 1 aromatic rings. The second-order valence-corrected chi connectivity index (χ2v) is 6.64. The lowest BCUT2D eigenvalue weighted by Crippen LogP contribution is -2.43. The highest BCUT2D eigenvalue weighted by Gasteiger charge is 2.26. The van der Waals surface area contributed by atoms with Gasteiger partial charge in [0.15, 0.2) is 0 Å². The summed E-state index contributed by atoms with van der Waals surface area (Å²) < 4.78 is 0. The van der Waals surface area contributed by atoms with Crippen molar-refractivity contribution in [3.63, 3.8) is 0 Å². The summed E-state index contributed by atoms with van der Waals surface area (Å²) in [6.07, 6.45) is 4.05. The van der Waals surface area contributed by atoms with Gasteiger partial charge < -0.3 is 10.6 Å². The van der Waals surface area contributed by atoms with Crippen molar-refractivity contribution >= 4 is 42.5 Å². The standard InChI is InChI=1S/C15H23N3OS.2ClH/c1-15(5-8-16-9-6-15)12-18-14(19)11-20-10-13-4-2-3-7-17-13;;/h2-4,7,16H,5-6,8-12H2,1H3,(H,18,19);2*1H. The molecule has 0 bridgehead atoms. The molecule has 22 heavy (non-hydrogen) atoms. The fourth-order valence-corrected chi connectivity index (χ4v) is 3.07. The van der Waals surface area contributed by atoms with Gasteiger partial charge in [-0.2, -0.15) is 0 Å². The molecular weight excluding hydrogens is 341 g/mol. The molecule has 0 aromatic carbocycles. The van der Waals surface area contributed by atoms with Gasteiger partial charge >= 0.3 is 0 Å². The Morgan fingerprint density at radius 1 is 1.36 bits per heavy atom. The Labute approximate surface area is 149 Å². The molecule has 0 radical (unpaired) electrons. The number of carbonyl (C=O) groups excluding carboxylic acids is 1. The van der Waals surface area contributed by atoms with Gasteiger partial charge in [-0.3, -0.25) is 9.78 Å². The molecule has 1 fully saturated rings. The summed E-state index contributed by atoms with van der Waals surface area (Å²) in [5.74, 6) is 1.42. The van der Waals surface area contributed by atoms with E-state index in [2.05, 4.69) is 22.5 Å². The van der Waals surface area contributed by atoms with Gasteiger partial charge in [-0.25, -0.2) is 0 Å². The normalized spacial score (nSPS) is 16.0. The van der Waals surface area contributed by atoms with Crippen LogP contribution in [0.25, 0.3) is 0 Å². The van der Waals surface area contributed by atoms with Gasteiger partial charge in [0.1, 0.15) is 0 Å². The molecule has 0 saturated carbocycles. The summed E-state index contributed by atoms with van der Waals surface area (Å²) in [6, 6.07) is 5.86. The number of aromatic nitrogens is 1. The third kappa shape index (κ3) is 7.68. The van der Waals surface area contributed by atoms with Gasteiger partial charge in [-0.05, 0) is 43.5 Å². The molecule has 7 heteroatoms. The molecule has 2 heterocycles. The number of nitrogens with zero attached hydrogens (tertiary/aromatic N) is 1. The minimum atomic E-state index is 0. The lowest BCUT2D eigenvalue weighted by atomic mass is 9.81. The van der Waals surface area contributed by atoms with E-state index < -0.39 is 0 Å². The lowest BCUT2D eigenvalue weighted by Gasteiger charge is -2.34. The van der Waals surface area contributed by atoms with Gasteiger partial charge in [-0.15, -0.1) is 36.6 Å². The maximum absolute atomic E-state index is 11.9.